The van der Waals surface area contributed by atoms with Gasteiger partial charge in [-0.1, -0.05) is 12.1 Å². The van der Waals surface area contributed by atoms with Crippen LogP contribution in [0.3, 0.4) is 0 Å². The first-order valence-corrected chi connectivity index (χ1v) is 13.7. The highest BCUT2D eigenvalue weighted by Crippen LogP contribution is 2.32. The van der Waals surface area contributed by atoms with Crippen LogP contribution < -0.4 is 15.4 Å². The monoisotopic (exact) mass is 497 g/mol. The Morgan fingerprint density at radius 3 is 2.32 bits per heavy atom. The van der Waals surface area contributed by atoms with E-state index in [1.165, 1.54) is 29.0 Å². The van der Waals surface area contributed by atoms with Crippen molar-refractivity contribution in [2.75, 3.05) is 35.0 Å². The van der Waals surface area contributed by atoms with Gasteiger partial charge in [-0.2, -0.15) is 0 Å². The third kappa shape index (κ3) is 4.66. The second-order valence-corrected chi connectivity index (χ2v) is 11.3. The highest BCUT2D eigenvalue weighted by atomic mass is 32.2. The first-order chi connectivity index (χ1) is 16.4. The predicted molar refractivity (Wildman–Crippen MR) is 135 cm³/mol. The van der Waals surface area contributed by atoms with Crippen molar-refractivity contribution in [3.05, 3.63) is 65.7 Å². The normalized spacial score (nSPS) is 20.1. The molecule has 10 heteroatoms. The van der Waals surface area contributed by atoms with E-state index in [2.05, 4.69) is 26.7 Å². The van der Waals surface area contributed by atoms with Crippen molar-refractivity contribution in [2.24, 2.45) is 0 Å². The highest BCUT2D eigenvalue weighted by Gasteiger charge is 2.38. The van der Waals surface area contributed by atoms with Crippen LogP contribution in [0.5, 0.6) is 0 Å². The number of amides is 1. The third-order valence-corrected chi connectivity index (χ3v) is 8.84. The number of nitrogen functional groups attached to an aromatic ring is 1. The average molecular weight is 498 g/mol. The van der Waals surface area contributed by atoms with Gasteiger partial charge in [0.15, 0.2) is 5.13 Å². The van der Waals surface area contributed by atoms with Crippen LogP contribution in [0.4, 0.5) is 16.5 Å². The van der Waals surface area contributed by atoms with Gasteiger partial charge in [-0.15, -0.1) is 11.3 Å². The molecule has 178 valence electrons. The summed E-state index contributed by atoms with van der Waals surface area (Å²) in [5.74, 6) is 0.583. The number of carbonyl (C=O) groups excluding carboxylic acids is 1. The van der Waals surface area contributed by atoms with Gasteiger partial charge in [0.05, 0.1) is 10.9 Å². The lowest BCUT2D eigenvalue weighted by atomic mass is 9.88. The summed E-state index contributed by atoms with van der Waals surface area (Å²) in [5, 5.41) is 2.03. The minimum Gasteiger partial charge on any atom is -0.399 e. The van der Waals surface area contributed by atoms with Crippen molar-refractivity contribution in [2.45, 2.75) is 36.1 Å². The number of anilines is 3. The Hall–Kier alpha value is -2.95. The van der Waals surface area contributed by atoms with E-state index in [9.17, 15) is 13.2 Å². The largest absolute Gasteiger partial charge is 0.399 e. The molecule has 0 spiro atoms. The maximum absolute atomic E-state index is 13.2. The van der Waals surface area contributed by atoms with Crippen molar-refractivity contribution in [1.82, 2.24) is 9.88 Å². The average Bonchev–Trinajstić information content (AvgIpc) is 3.49. The molecule has 34 heavy (non-hydrogen) atoms. The summed E-state index contributed by atoms with van der Waals surface area (Å²) in [6, 6.07) is 14.4. The lowest BCUT2D eigenvalue weighted by molar-refractivity contribution is -0.122. The van der Waals surface area contributed by atoms with Gasteiger partial charge in [0.25, 0.3) is 10.0 Å². The fourth-order valence-corrected chi connectivity index (χ4v) is 6.61. The summed E-state index contributed by atoms with van der Waals surface area (Å²) in [4.78, 5) is 21.4. The summed E-state index contributed by atoms with van der Waals surface area (Å²) < 4.78 is 27.6. The number of carbonyl (C=O) groups is 1. The van der Waals surface area contributed by atoms with Crippen molar-refractivity contribution >= 4 is 43.8 Å². The van der Waals surface area contributed by atoms with E-state index >= 15 is 0 Å². The molecule has 3 heterocycles. The summed E-state index contributed by atoms with van der Waals surface area (Å²) in [6.45, 7) is 2.41. The first-order valence-electron chi connectivity index (χ1n) is 11.3. The van der Waals surface area contributed by atoms with E-state index in [-0.39, 0.29) is 16.8 Å². The summed E-state index contributed by atoms with van der Waals surface area (Å²) in [7, 11) is -3.72. The number of thiazole rings is 1. The van der Waals surface area contributed by atoms with Gasteiger partial charge < -0.3 is 10.6 Å². The van der Waals surface area contributed by atoms with Gasteiger partial charge in [-0.25, -0.2) is 13.4 Å². The molecule has 5 rings (SSSR count). The molecule has 0 aliphatic carbocycles. The number of hydrogen-bond donors (Lipinski definition) is 2. The Morgan fingerprint density at radius 1 is 0.971 bits per heavy atom. The number of benzene rings is 2. The van der Waals surface area contributed by atoms with Crippen LogP contribution >= 0.6 is 11.3 Å². The zero-order valence-corrected chi connectivity index (χ0v) is 20.3. The Morgan fingerprint density at radius 2 is 1.68 bits per heavy atom. The molecule has 1 atom stereocenters. The zero-order valence-electron chi connectivity index (χ0n) is 18.6. The molecule has 2 aliphatic rings. The maximum atomic E-state index is 13.2. The molecule has 2 aromatic carbocycles. The quantitative estimate of drug-likeness (QED) is 0.505. The smallest absolute Gasteiger partial charge is 0.263 e. The first kappa shape index (κ1) is 22.8. The summed E-state index contributed by atoms with van der Waals surface area (Å²) >= 11 is 1.22. The van der Waals surface area contributed by atoms with Crippen LogP contribution in [0, 0.1) is 0 Å². The van der Waals surface area contributed by atoms with Gasteiger partial charge in [0.2, 0.25) is 5.91 Å². The molecule has 2 fully saturated rings. The van der Waals surface area contributed by atoms with Crippen molar-refractivity contribution in [1.29, 1.82) is 0 Å². The van der Waals surface area contributed by atoms with E-state index in [0.29, 0.717) is 17.6 Å². The molecule has 8 nitrogen and oxygen atoms in total. The molecule has 0 saturated carbocycles. The Bertz CT molecular complexity index is 1240. The summed E-state index contributed by atoms with van der Waals surface area (Å²) in [6.07, 6.45) is 4.36. The number of hydrogen-bond acceptors (Lipinski definition) is 7. The molecular weight excluding hydrogens is 470 g/mol. The standard InChI is InChI=1S/C24H27N5O3S2/c25-19-3-1-17(2-4-19)18-9-13-28(14-10-18)22-11-15-29(23(22)30)20-5-7-21(8-6-20)34(31,32)27-24-26-12-16-33-24/h1-8,12,16,18,22H,9-11,13-15,25H2,(H,26,27)/t22-/m0/s1. The molecule has 1 amide bonds. The van der Waals surface area contributed by atoms with E-state index in [1.54, 1.807) is 28.6 Å². The fourth-order valence-electron chi connectivity index (χ4n) is 4.83. The third-order valence-electron chi connectivity index (χ3n) is 6.67. The van der Waals surface area contributed by atoms with Crippen LogP contribution in [0.1, 0.15) is 30.7 Å². The molecule has 0 bridgehead atoms. The van der Waals surface area contributed by atoms with Crippen LogP contribution in [0.2, 0.25) is 0 Å². The number of likely N-dealkylation sites (tertiary alicyclic amines) is 1. The SMILES string of the molecule is Nc1ccc(C2CCN([C@H]3CCN(c4ccc(S(=O)(=O)Nc5nccs5)cc4)C3=O)CC2)cc1. The number of nitrogens with one attached hydrogen (secondary N) is 1. The minimum absolute atomic E-state index is 0.0856. The van der Waals surface area contributed by atoms with E-state index in [1.807, 2.05) is 12.1 Å². The molecule has 1 aromatic heterocycles. The molecular formula is C24H27N5O3S2. The number of aromatic nitrogens is 1. The van der Waals surface area contributed by atoms with Crippen molar-refractivity contribution < 1.29 is 13.2 Å². The Kier molecular flexibility index (Phi) is 6.28. The van der Waals surface area contributed by atoms with Crippen LogP contribution in [0.25, 0.3) is 0 Å². The van der Waals surface area contributed by atoms with Gasteiger partial charge in [0.1, 0.15) is 0 Å². The van der Waals surface area contributed by atoms with Gasteiger partial charge in [-0.05, 0) is 80.2 Å². The van der Waals surface area contributed by atoms with Crippen molar-refractivity contribution in [3.8, 4) is 0 Å². The molecule has 3 N–H and O–H groups in total. The Balaban J connectivity index is 1.21. The Labute approximate surface area is 203 Å². The second kappa shape index (κ2) is 9.36. The second-order valence-electron chi connectivity index (χ2n) is 8.71. The van der Waals surface area contributed by atoms with E-state index in [0.717, 1.165) is 43.7 Å². The van der Waals surface area contributed by atoms with Crippen molar-refractivity contribution in [3.63, 3.8) is 0 Å². The van der Waals surface area contributed by atoms with Crippen LogP contribution in [0.15, 0.2) is 65.0 Å². The topological polar surface area (TPSA) is 109 Å². The zero-order chi connectivity index (χ0) is 23.7. The summed E-state index contributed by atoms with van der Waals surface area (Å²) in [5.41, 5.74) is 8.62. The molecule has 2 aliphatic heterocycles. The highest BCUT2D eigenvalue weighted by molar-refractivity contribution is 7.93. The predicted octanol–water partition coefficient (Wildman–Crippen LogP) is 3.51. The lowest BCUT2D eigenvalue weighted by Gasteiger charge is -2.35. The minimum atomic E-state index is -3.72. The maximum Gasteiger partial charge on any atom is 0.263 e. The van der Waals surface area contributed by atoms with Gasteiger partial charge >= 0.3 is 0 Å². The molecule has 0 unspecified atom stereocenters. The van der Waals surface area contributed by atoms with Crippen LogP contribution in [-0.4, -0.2) is 49.9 Å². The molecule has 0 radical (unpaired) electrons. The number of nitrogens with zero attached hydrogens (tertiary/aromatic N) is 3. The van der Waals surface area contributed by atoms with Gasteiger partial charge in [0, 0.05) is 29.5 Å². The van der Waals surface area contributed by atoms with Gasteiger partial charge in [-0.3, -0.25) is 14.4 Å². The lowest BCUT2D eigenvalue weighted by Crippen LogP contribution is -2.45. The number of rotatable bonds is 6. The van der Waals surface area contributed by atoms with E-state index < -0.39 is 10.0 Å². The number of piperidine rings is 1. The number of sulfonamides is 1. The molecule has 2 saturated heterocycles. The number of nitrogens with two attached hydrogens (primary N) is 1. The molecule has 3 aromatic rings. The fraction of sp³-hybridized carbons (Fsp3) is 0.333. The van der Waals surface area contributed by atoms with Crippen LogP contribution in [-0.2, 0) is 14.8 Å². The van der Waals surface area contributed by atoms with E-state index in [4.69, 9.17) is 5.73 Å².